The maximum absolute atomic E-state index is 13.5. The Labute approximate surface area is 131 Å². The van der Waals surface area contributed by atoms with Crippen LogP contribution in [0.2, 0.25) is 5.02 Å². The van der Waals surface area contributed by atoms with Crippen molar-refractivity contribution >= 4 is 11.6 Å². The van der Waals surface area contributed by atoms with Crippen molar-refractivity contribution in [2.24, 2.45) is 0 Å². The SMILES string of the molecule is COCCNCC1CCCCN1Cc1cccc(F)c1Cl. The second-order valence-electron chi connectivity index (χ2n) is 5.53. The third-order valence-electron chi connectivity index (χ3n) is 4.02. The fourth-order valence-corrected chi connectivity index (χ4v) is 3.02. The molecule has 1 N–H and O–H groups in total. The van der Waals surface area contributed by atoms with Gasteiger partial charge in [-0.15, -0.1) is 0 Å². The zero-order valence-corrected chi connectivity index (χ0v) is 13.3. The van der Waals surface area contributed by atoms with Gasteiger partial charge in [-0.3, -0.25) is 4.90 Å². The van der Waals surface area contributed by atoms with Crippen molar-refractivity contribution in [1.82, 2.24) is 10.2 Å². The largest absolute Gasteiger partial charge is 0.383 e. The number of benzene rings is 1. The predicted octanol–water partition coefficient (Wildman–Crippen LogP) is 3.07. The molecule has 1 aromatic rings. The van der Waals surface area contributed by atoms with Gasteiger partial charge in [-0.1, -0.05) is 30.2 Å². The van der Waals surface area contributed by atoms with Gasteiger partial charge in [0.15, 0.2) is 0 Å². The Balaban J connectivity index is 1.93. The van der Waals surface area contributed by atoms with Crippen LogP contribution in [-0.2, 0) is 11.3 Å². The van der Waals surface area contributed by atoms with E-state index in [9.17, 15) is 4.39 Å². The van der Waals surface area contributed by atoms with Gasteiger partial charge in [-0.25, -0.2) is 4.39 Å². The highest BCUT2D eigenvalue weighted by Gasteiger charge is 2.23. The third kappa shape index (κ3) is 4.92. The van der Waals surface area contributed by atoms with Crippen molar-refractivity contribution in [3.8, 4) is 0 Å². The molecule has 1 aliphatic rings. The molecular formula is C16H24ClFN2O. The fraction of sp³-hybridized carbons (Fsp3) is 0.625. The summed E-state index contributed by atoms with van der Waals surface area (Å²) in [7, 11) is 1.71. The summed E-state index contributed by atoms with van der Waals surface area (Å²) in [5.41, 5.74) is 0.875. The van der Waals surface area contributed by atoms with Crippen molar-refractivity contribution in [2.45, 2.75) is 31.8 Å². The van der Waals surface area contributed by atoms with Crippen LogP contribution >= 0.6 is 11.6 Å². The summed E-state index contributed by atoms with van der Waals surface area (Å²) in [4.78, 5) is 2.41. The molecule has 1 fully saturated rings. The Hall–Kier alpha value is -0.680. The molecular weight excluding hydrogens is 291 g/mol. The number of hydrogen-bond donors (Lipinski definition) is 1. The number of methoxy groups -OCH3 is 1. The second kappa shape index (κ2) is 8.69. The number of rotatable bonds is 7. The van der Waals surface area contributed by atoms with Crippen LogP contribution in [0.1, 0.15) is 24.8 Å². The molecule has 0 spiro atoms. The Morgan fingerprint density at radius 2 is 2.29 bits per heavy atom. The number of piperidine rings is 1. The Morgan fingerprint density at radius 3 is 3.10 bits per heavy atom. The van der Waals surface area contributed by atoms with Gasteiger partial charge in [-0.05, 0) is 31.0 Å². The Bertz CT molecular complexity index is 444. The number of halogens is 2. The maximum atomic E-state index is 13.5. The summed E-state index contributed by atoms with van der Waals surface area (Å²) < 4.78 is 18.6. The first-order valence-electron chi connectivity index (χ1n) is 7.59. The van der Waals surface area contributed by atoms with Gasteiger partial charge in [0.1, 0.15) is 5.82 Å². The predicted molar refractivity (Wildman–Crippen MR) is 84.2 cm³/mol. The zero-order chi connectivity index (χ0) is 15.1. The van der Waals surface area contributed by atoms with Crippen molar-refractivity contribution in [1.29, 1.82) is 0 Å². The highest BCUT2D eigenvalue weighted by atomic mass is 35.5. The monoisotopic (exact) mass is 314 g/mol. The van der Waals surface area contributed by atoms with Crippen LogP contribution in [0.4, 0.5) is 4.39 Å². The normalized spacial score (nSPS) is 19.9. The molecule has 118 valence electrons. The smallest absolute Gasteiger partial charge is 0.142 e. The van der Waals surface area contributed by atoms with E-state index < -0.39 is 0 Å². The molecule has 0 saturated carbocycles. The van der Waals surface area contributed by atoms with Gasteiger partial charge in [0.05, 0.1) is 11.6 Å². The van der Waals surface area contributed by atoms with Gasteiger partial charge in [0.2, 0.25) is 0 Å². The van der Waals surface area contributed by atoms with Crippen molar-refractivity contribution < 1.29 is 9.13 Å². The first kappa shape index (κ1) is 16.7. The first-order valence-corrected chi connectivity index (χ1v) is 7.96. The summed E-state index contributed by atoms with van der Waals surface area (Å²) in [6.07, 6.45) is 3.62. The third-order valence-corrected chi connectivity index (χ3v) is 4.44. The first-order chi connectivity index (χ1) is 10.2. The van der Waals surface area contributed by atoms with E-state index in [1.807, 2.05) is 6.07 Å². The molecule has 1 atom stereocenters. The number of likely N-dealkylation sites (tertiary alicyclic amines) is 1. The summed E-state index contributed by atoms with van der Waals surface area (Å²) in [6.45, 7) is 4.29. The molecule has 0 aliphatic carbocycles. The minimum absolute atomic E-state index is 0.258. The second-order valence-corrected chi connectivity index (χ2v) is 5.91. The highest BCUT2D eigenvalue weighted by molar-refractivity contribution is 6.31. The summed E-state index contributed by atoms with van der Waals surface area (Å²) in [6, 6.07) is 5.53. The van der Waals surface area contributed by atoms with Gasteiger partial charge >= 0.3 is 0 Å². The fourth-order valence-electron chi connectivity index (χ4n) is 2.83. The average molecular weight is 315 g/mol. The van der Waals surface area contributed by atoms with Gasteiger partial charge < -0.3 is 10.1 Å². The molecule has 0 bridgehead atoms. The van der Waals surface area contributed by atoms with Crippen LogP contribution in [0.15, 0.2) is 18.2 Å². The number of nitrogens with one attached hydrogen (secondary N) is 1. The van der Waals surface area contributed by atoms with E-state index in [1.54, 1.807) is 13.2 Å². The lowest BCUT2D eigenvalue weighted by Gasteiger charge is -2.36. The van der Waals surface area contributed by atoms with Crippen molar-refractivity contribution in [3.05, 3.63) is 34.6 Å². The molecule has 1 saturated heterocycles. The summed E-state index contributed by atoms with van der Waals surface area (Å²) in [5.74, 6) is -0.332. The van der Waals surface area contributed by atoms with Gasteiger partial charge in [0, 0.05) is 32.8 Å². The highest BCUT2D eigenvalue weighted by Crippen LogP contribution is 2.24. The van der Waals surface area contributed by atoms with Crippen LogP contribution in [0.25, 0.3) is 0 Å². The molecule has 21 heavy (non-hydrogen) atoms. The lowest BCUT2D eigenvalue weighted by atomic mass is 10.0. The quantitative estimate of drug-likeness (QED) is 0.783. The van der Waals surface area contributed by atoms with E-state index in [4.69, 9.17) is 16.3 Å². The molecule has 1 heterocycles. The number of ether oxygens (including phenoxy) is 1. The van der Waals surface area contributed by atoms with Gasteiger partial charge in [0.25, 0.3) is 0 Å². The standard InChI is InChI=1S/C16H24ClFN2O/c1-21-10-8-19-11-14-6-2-3-9-20(14)12-13-5-4-7-15(18)16(13)17/h4-5,7,14,19H,2-3,6,8-12H2,1H3. The van der Waals surface area contributed by atoms with E-state index in [0.717, 1.165) is 31.8 Å². The average Bonchev–Trinajstić information content (AvgIpc) is 2.50. The molecule has 5 heteroatoms. The van der Waals surface area contributed by atoms with Crippen molar-refractivity contribution in [3.63, 3.8) is 0 Å². The van der Waals surface area contributed by atoms with E-state index in [-0.39, 0.29) is 10.8 Å². The summed E-state index contributed by atoms with van der Waals surface area (Å²) >= 11 is 6.07. The molecule has 0 amide bonds. The van der Waals surface area contributed by atoms with Gasteiger partial charge in [-0.2, -0.15) is 0 Å². The maximum Gasteiger partial charge on any atom is 0.142 e. The molecule has 1 aliphatic heterocycles. The Kier molecular flexibility index (Phi) is 6.90. The van der Waals surface area contributed by atoms with Crippen LogP contribution in [0.5, 0.6) is 0 Å². The minimum atomic E-state index is -0.332. The van der Waals surface area contributed by atoms with Crippen LogP contribution in [0, 0.1) is 5.82 Å². The number of hydrogen-bond acceptors (Lipinski definition) is 3. The minimum Gasteiger partial charge on any atom is -0.383 e. The lowest BCUT2D eigenvalue weighted by Crippen LogP contribution is -2.45. The molecule has 0 aromatic heterocycles. The van der Waals surface area contributed by atoms with Crippen LogP contribution in [0.3, 0.4) is 0 Å². The van der Waals surface area contributed by atoms with E-state index in [2.05, 4.69) is 10.2 Å². The van der Waals surface area contributed by atoms with E-state index in [1.165, 1.54) is 25.3 Å². The van der Waals surface area contributed by atoms with Crippen LogP contribution < -0.4 is 5.32 Å². The molecule has 0 radical (unpaired) electrons. The van der Waals surface area contributed by atoms with Crippen LogP contribution in [-0.4, -0.2) is 44.3 Å². The lowest BCUT2D eigenvalue weighted by molar-refractivity contribution is 0.133. The number of nitrogens with zero attached hydrogens (tertiary/aromatic N) is 1. The molecule has 3 nitrogen and oxygen atoms in total. The zero-order valence-electron chi connectivity index (χ0n) is 12.6. The summed E-state index contributed by atoms with van der Waals surface area (Å²) in [5, 5.41) is 3.68. The van der Waals surface area contributed by atoms with E-state index in [0.29, 0.717) is 12.6 Å². The Morgan fingerprint density at radius 1 is 1.43 bits per heavy atom. The topological polar surface area (TPSA) is 24.5 Å². The molecule has 1 unspecified atom stereocenters. The van der Waals surface area contributed by atoms with Crippen molar-refractivity contribution in [2.75, 3.05) is 33.4 Å². The molecule has 2 rings (SSSR count). The van der Waals surface area contributed by atoms with E-state index >= 15 is 0 Å². The molecule has 1 aromatic carbocycles.